The van der Waals surface area contributed by atoms with Crippen molar-refractivity contribution in [2.24, 2.45) is 17.3 Å². The molecule has 1 saturated heterocycles. The predicted molar refractivity (Wildman–Crippen MR) is 71.3 cm³/mol. The van der Waals surface area contributed by atoms with Crippen molar-refractivity contribution < 1.29 is 9.59 Å². The fourth-order valence-electron chi connectivity index (χ4n) is 4.01. The van der Waals surface area contributed by atoms with Crippen LogP contribution >= 0.6 is 0 Å². The summed E-state index contributed by atoms with van der Waals surface area (Å²) >= 11 is 0. The molecule has 1 aliphatic heterocycles. The second kappa shape index (κ2) is 3.35. The Labute approximate surface area is 111 Å². The summed E-state index contributed by atoms with van der Waals surface area (Å²) in [7, 11) is 0. The first-order chi connectivity index (χ1) is 9.13. The van der Waals surface area contributed by atoms with E-state index in [1.165, 1.54) is 4.90 Å². The van der Waals surface area contributed by atoms with Gasteiger partial charge in [-0.1, -0.05) is 31.2 Å². The fourth-order valence-corrected chi connectivity index (χ4v) is 4.01. The Hall–Kier alpha value is -1.90. The van der Waals surface area contributed by atoms with E-state index in [2.05, 4.69) is 13.0 Å². The minimum absolute atomic E-state index is 0.0122. The highest BCUT2D eigenvalue weighted by Crippen LogP contribution is 2.60. The van der Waals surface area contributed by atoms with E-state index in [-0.39, 0.29) is 11.8 Å². The Morgan fingerprint density at radius 2 is 1.89 bits per heavy atom. The normalized spacial score (nSPS) is 35.8. The molecule has 96 valence electrons. The quantitative estimate of drug-likeness (QED) is 0.721. The molecule has 0 N–H and O–H groups in total. The molecule has 3 nitrogen and oxygen atoms in total. The van der Waals surface area contributed by atoms with E-state index in [1.807, 2.05) is 30.3 Å². The van der Waals surface area contributed by atoms with E-state index < -0.39 is 5.41 Å². The van der Waals surface area contributed by atoms with Gasteiger partial charge in [0, 0.05) is 5.57 Å². The summed E-state index contributed by atoms with van der Waals surface area (Å²) in [5.74, 6) is 0.810. The van der Waals surface area contributed by atoms with E-state index in [4.69, 9.17) is 0 Å². The molecule has 19 heavy (non-hydrogen) atoms. The van der Waals surface area contributed by atoms with Gasteiger partial charge in [0.05, 0.1) is 11.1 Å². The number of fused-ring (bicyclic) bond motifs is 1. The molecule has 1 saturated carbocycles. The van der Waals surface area contributed by atoms with Crippen molar-refractivity contribution in [1.29, 1.82) is 0 Å². The molecule has 3 aliphatic rings. The van der Waals surface area contributed by atoms with Crippen LogP contribution in [0.5, 0.6) is 0 Å². The van der Waals surface area contributed by atoms with Gasteiger partial charge in [-0.3, -0.25) is 9.59 Å². The van der Waals surface area contributed by atoms with Crippen molar-refractivity contribution in [2.45, 2.75) is 19.8 Å². The van der Waals surface area contributed by atoms with Gasteiger partial charge in [0.2, 0.25) is 5.91 Å². The average Bonchev–Trinajstić information content (AvgIpc) is 3.00. The molecule has 2 aliphatic carbocycles. The van der Waals surface area contributed by atoms with Gasteiger partial charge < -0.3 is 0 Å². The van der Waals surface area contributed by atoms with Crippen molar-refractivity contribution in [2.75, 3.05) is 4.90 Å². The van der Waals surface area contributed by atoms with Crippen LogP contribution in [0, 0.1) is 17.3 Å². The van der Waals surface area contributed by atoms with E-state index in [9.17, 15) is 9.59 Å². The fraction of sp³-hybridized carbons (Fsp3) is 0.375. The maximum Gasteiger partial charge on any atom is 0.261 e. The lowest BCUT2D eigenvalue weighted by atomic mass is 9.80. The number of allylic oxidation sites excluding steroid dienone is 1. The van der Waals surface area contributed by atoms with Crippen LogP contribution in [0.3, 0.4) is 0 Å². The number of hydrogen-bond donors (Lipinski definition) is 0. The zero-order chi connectivity index (χ0) is 13.2. The lowest BCUT2D eigenvalue weighted by Crippen LogP contribution is -2.34. The van der Waals surface area contributed by atoms with Crippen LogP contribution in [-0.4, -0.2) is 11.8 Å². The van der Waals surface area contributed by atoms with Gasteiger partial charge in [0.25, 0.3) is 5.91 Å². The smallest absolute Gasteiger partial charge is 0.261 e. The second-order valence-corrected chi connectivity index (χ2v) is 5.99. The number of para-hydroxylation sites is 1. The van der Waals surface area contributed by atoms with Crippen molar-refractivity contribution in [1.82, 2.24) is 0 Å². The first-order valence-electron chi connectivity index (χ1n) is 6.80. The molecule has 1 aromatic rings. The molecule has 2 amide bonds. The predicted octanol–water partition coefficient (Wildman–Crippen LogP) is 2.53. The van der Waals surface area contributed by atoms with Crippen LogP contribution in [0.15, 0.2) is 42.0 Å². The Bertz CT molecular complexity index is 619. The highest BCUT2D eigenvalue weighted by Gasteiger charge is 2.63. The molecule has 1 aromatic carbocycles. The average molecular weight is 253 g/mol. The number of hydrogen-bond acceptors (Lipinski definition) is 2. The molecule has 2 bridgehead atoms. The van der Waals surface area contributed by atoms with Crippen LogP contribution in [-0.2, 0) is 9.59 Å². The van der Waals surface area contributed by atoms with Crippen molar-refractivity contribution in [3.8, 4) is 0 Å². The summed E-state index contributed by atoms with van der Waals surface area (Å²) in [6, 6.07) is 9.25. The van der Waals surface area contributed by atoms with Gasteiger partial charge in [-0.2, -0.15) is 0 Å². The zero-order valence-electron chi connectivity index (χ0n) is 10.8. The first-order valence-corrected chi connectivity index (χ1v) is 6.80. The Morgan fingerprint density at radius 3 is 2.58 bits per heavy atom. The second-order valence-electron chi connectivity index (χ2n) is 5.99. The van der Waals surface area contributed by atoms with E-state index in [1.54, 1.807) is 0 Å². The van der Waals surface area contributed by atoms with Crippen LogP contribution < -0.4 is 4.90 Å². The summed E-state index contributed by atoms with van der Waals surface area (Å²) in [4.78, 5) is 26.7. The number of nitrogens with zero attached hydrogens (tertiary/aromatic N) is 1. The third-order valence-electron chi connectivity index (χ3n) is 4.94. The maximum atomic E-state index is 12.8. The lowest BCUT2D eigenvalue weighted by molar-refractivity contribution is -0.125. The van der Waals surface area contributed by atoms with Crippen LogP contribution in [0.1, 0.15) is 19.8 Å². The summed E-state index contributed by atoms with van der Waals surface area (Å²) in [6.07, 6.45) is 3.71. The number of carbonyl (C=O) groups is 2. The highest BCUT2D eigenvalue weighted by atomic mass is 16.2. The summed E-state index contributed by atoms with van der Waals surface area (Å²) < 4.78 is 0. The minimum Gasteiger partial charge on any atom is -0.273 e. The Balaban J connectivity index is 1.83. The number of benzene rings is 1. The molecule has 0 radical (unpaired) electrons. The number of anilines is 1. The summed E-state index contributed by atoms with van der Waals surface area (Å²) in [5, 5.41) is 0. The van der Waals surface area contributed by atoms with Gasteiger partial charge in [-0.15, -0.1) is 0 Å². The first kappa shape index (κ1) is 11.0. The van der Waals surface area contributed by atoms with Gasteiger partial charge in [0.1, 0.15) is 0 Å². The maximum absolute atomic E-state index is 12.8. The van der Waals surface area contributed by atoms with E-state index in [0.717, 1.165) is 18.4 Å². The molecule has 1 spiro atoms. The molecule has 3 heteroatoms. The molecule has 4 rings (SSSR count). The van der Waals surface area contributed by atoms with Gasteiger partial charge >= 0.3 is 0 Å². The van der Waals surface area contributed by atoms with Gasteiger partial charge in [-0.05, 0) is 36.8 Å². The zero-order valence-corrected chi connectivity index (χ0v) is 10.8. The monoisotopic (exact) mass is 253 g/mol. The summed E-state index contributed by atoms with van der Waals surface area (Å²) in [5.41, 5.74) is 0.944. The van der Waals surface area contributed by atoms with Gasteiger partial charge in [-0.25, -0.2) is 4.90 Å². The molecular weight excluding hydrogens is 238 g/mol. The Morgan fingerprint density at radius 1 is 1.16 bits per heavy atom. The van der Waals surface area contributed by atoms with Crippen LogP contribution in [0.2, 0.25) is 0 Å². The van der Waals surface area contributed by atoms with Gasteiger partial charge in [0.15, 0.2) is 0 Å². The highest BCUT2D eigenvalue weighted by molar-refractivity contribution is 6.31. The minimum atomic E-state index is -0.503. The SMILES string of the molecule is CC1CC23CC1C=C2C(=O)N(c1ccccc1)C3=O. The van der Waals surface area contributed by atoms with Crippen LogP contribution in [0.25, 0.3) is 0 Å². The third kappa shape index (κ3) is 1.18. The molecule has 3 unspecified atom stereocenters. The van der Waals surface area contributed by atoms with E-state index in [0.29, 0.717) is 17.5 Å². The number of imide groups is 1. The number of amides is 2. The summed E-state index contributed by atoms with van der Waals surface area (Å²) in [6.45, 7) is 2.18. The van der Waals surface area contributed by atoms with Crippen molar-refractivity contribution >= 4 is 17.5 Å². The molecule has 1 heterocycles. The lowest BCUT2D eigenvalue weighted by Gasteiger charge is -2.21. The van der Waals surface area contributed by atoms with E-state index >= 15 is 0 Å². The molecular formula is C16H15NO2. The molecule has 0 aromatic heterocycles. The molecule has 2 fully saturated rings. The number of rotatable bonds is 1. The largest absolute Gasteiger partial charge is 0.273 e. The molecule has 3 atom stereocenters. The van der Waals surface area contributed by atoms with Crippen LogP contribution in [0.4, 0.5) is 5.69 Å². The van der Waals surface area contributed by atoms with Crippen molar-refractivity contribution in [3.63, 3.8) is 0 Å². The third-order valence-corrected chi connectivity index (χ3v) is 4.94. The van der Waals surface area contributed by atoms with Crippen molar-refractivity contribution in [3.05, 3.63) is 42.0 Å². The standard InChI is InChI=1S/C16H15NO2/c1-10-8-16-9-11(10)7-13(16)14(18)17(15(16)19)12-5-3-2-4-6-12/h2-7,10-11H,8-9H2,1H3. The topological polar surface area (TPSA) is 37.4 Å². The number of carbonyl (C=O) groups excluding carboxylic acids is 2. The Kier molecular flexibility index (Phi) is 1.93.